The largest absolute Gasteiger partial charge is 0.329 e. The third-order valence-electron chi connectivity index (χ3n) is 2.30. The van der Waals surface area contributed by atoms with Gasteiger partial charge in [0.1, 0.15) is 5.82 Å². The number of carbonyl (C=O) groups is 1. The average Bonchev–Trinajstić information content (AvgIpc) is 2.23. The van der Waals surface area contributed by atoms with Crippen molar-refractivity contribution in [3.63, 3.8) is 0 Å². The molecule has 0 spiro atoms. The predicted octanol–water partition coefficient (Wildman–Crippen LogP) is 2.40. The number of benzene rings is 1. The summed E-state index contributed by atoms with van der Waals surface area (Å²) in [5.41, 5.74) is 5.26. The number of rotatable bonds is 3. The van der Waals surface area contributed by atoms with Crippen LogP contribution in [0.4, 0.5) is 10.1 Å². The van der Waals surface area contributed by atoms with Crippen LogP contribution in [-0.4, -0.2) is 12.5 Å². The van der Waals surface area contributed by atoms with Gasteiger partial charge >= 0.3 is 0 Å². The Hall–Kier alpha value is -1.13. The van der Waals surface area contributed by atoms with E-state index in [0.717, 1.165) is 0 Å². The zero-order valence-corrected chi connectivity index (χ0v) is 9.94. The average molecular weight is 245 g/mol. The zero-order chi connectivity index (χ0) is 12.3. The molecule has 0 aliphatic carbocycles. The lowest BCUT2D eigenvalue weighted by Gasteiger charge is -2.21. The van der Waals surface area contributed by atoms with E-state index >= 15 is 0 Å². The number of carbonyl (C=O) groups excluding carboxylic acids is 1. The minimum atomic E-state index is -0.666. The molecule has 1 rings (SSSR count). The molecule has 0 aliphatic heterocycles. The van der Waals surface area contributed by atoms with Crippen molar-refractivity contribution in [3.8, 4) is 0 Å². The van der Waals surface area contributed by atoms with Crippen molar-refractivity contribution in [2.45, 2.75) is 13.8 Å². The lowest BCUT2D eigenvalue weighted by atomic mass is 9.92. The number of halogens is 2. The molecule has 0 saturated carbocycles. The molecule has 1 amide bonds. The van der Waals surface area contributed by atoms with E-state index in [4.69, 9.17) is 17.3 Å². The minimum absolute atomic E-state index is 0.0247. The van der Waals surface area contributed by atoms with Crippen LogP contribution >= 0.6 is 11.6 Å². The highest BCUT2D eigenvalue weighted by atomic mass is 35.5. The topological polar surface area (TPSA) is 55.1 Å². The first kappa shape index (κ1) is 12.9. The van der Waals surface area contributed by atoms with Gasteiger partial charge in [0, 0.05) is 12.2 Å². The van der Waals surface area contributed by atoms with Gasteiger partial charge in [-0.05, 0) is 32.0 Å². The van der Waals surface area contributed by atoms with Crippen molar-refractivity contribution in [1.82, 2.24) is 0 Å². The maximum Gasteiger partial charge on any atom is 0.231 e. The fourth-order valence-corrected chi connectivity index (χ4v) is 1.15. The summed E-state index contributed by atoms with van der Waals surface area (Å²) in [7, 11) is 0. The molecule has 1 aromatic carbocycles. The van der Waals surface area contributed by atoms with Crippen LogP contribution in [0.1, 0.15) is 13.8 Å². The van der Waals surface area contributed by atoms with E-state index in [1.165, 1.54) is 18.2 Å². The van der Waals surface area contributed by atoms with Crippen LogP contribution in [0.3, 0.4) is 0 Å². The second-order valence-electron chi connectivity index (χ2n) is 4.17. The third kappa shape index (κ3) is 2.93. The Morgan fingerprint density at radius 2 is 2.19 bits per heavy atom. The van der Waals surface area contributed by atoms with Crippen molar-refractivity contribution in [3.05, 3.63) is 29.0 Å². The molecule has 0 unspecified atom stereocenters. The summed E-state index contributed by atoms with van der Waals surface area (Å²) >= 11 is 5.59. The van der Waals surface area contributed by atoms with Gasteiger partial charge in [0.25, 0.3) is 0 Å². The number of hydrogen-bond donors (Lipinski definition) is 2. The Morgan fingerprint density at radius 3 is 2.69 bits per heavy atom. The fraction of sp³-hybridized carbons (Fsp3) is 0.364. The highest BCUT2D eigenvalue weighted by Gasteiger charge is 2.25. The molecule has 0 radical (unpaired) electrons. The molecule has 0 fully saturated rings. The Labute approximate surface area is 98.8 Å². The molecule has 88 valence electrons. The normalized spacial score (nSPS) is 11.3. The fourth-order valence-electron chi connectivity index (χ4n) is 0.967. The number of nitrogens with two attached hydrogens (primary N) is 1. The van der Waals surface area contributed by atoms with Gasteiger partial charge in [-0.25, -0.2) is 4.39 Å². The molecule has 16 heavy (non-hydrogen) atoms. The summed E-state index contributed by atoms with van der Waals surface area (Å²) in [5, 5.41) is 2.61. The summed E-state index contributed by atoms with van der Waals surface area (Å²) < 4.78 is 12.9. The smallest absolute Gasteiger partial charge is 0.231 e. The SMILES string of the molecule is CC(C)(CN)C(=O)Nc1ccc(F)c(Cl)c1. The van der Waals surface area contributed by atoms with Gasteiger partial charge in [-0.3, -0.25) is 4.79 Å². The van der Waals surface area contributed by atoms with E-state index < -0.39 is 11.2 Å². The molecule has 3 N–H and O–H groups in total. The highest BCUT2D eigenvalue weighted by molar-refractivity contribution is 6.31. The number of amides is 1. The van der Waals surface area contributed by atoms with E-state index in [9.17, 15) is 9.18 Å². The number of hydrogen-bond acceptors (Lipinski definition) is 2. The molecule has 0 saturated heterocycles. The summed E-state index contributed by atoms with van der Waals surface area (Å²) in [6, 6.07) is 4.01. The maximum absolute atomic E-state index is 12.9. The van der Waals surface area contributed by atoms with Crippen LogP contribution in [0.2, 0.25) is 5.02 Å². The molecule has 3 nitrogen and oxygen atoms in total. The molecule has 0 atom stereocenters. The van der Waals surface area contributed by atoms with Gasteiger partial charge in [-0.1, -0.05) is 11.6 Å². The van der Waals surface area contributed by atoms with Crippen LogP contribution in [0.25, 0.3) is 0 Å². The van der Waals surface area contributed by atoms with Crippen LogP contribution in [0, 0.1) is 11.2 Å². The van der Waals surface area contributed by atoms with Gasteiger partial charge in [-0.15, -0.1) is 0 Å². The number of nitrogens with one attached hydrogen (secondary N) is 1. The summed E-state index contributed by atoms with van der Waals surface area (Å²) in [6.07, 6.45) is 0. The maximum atomic E-state index is 12.9. The lowest BCUT2D eigenvalue weighted by Crippen LogP contribution is -2.37. The van der Waals surface area contributed by atoms with Crippen LogP contribution in [0.15, 0.2) is 18.2 Å². The first-order valence-electron chi connectivity index (χ1n) is 4.83. The van der Waals surface area contributed by atoms with Crippen LogP contribution in [-0.2, 0) is 4.79 Å². The molecule has 0 aromatic heterocycles. The summed E-state index contributed by atoms with van der Waals surface area (Å²) in [5.74, 6) is -0.740. The van der Waals surface area contributed by atoms with E-state index in [-0.39, 0.29) is 17.5 Å². The van der Waals surface area contributed by atoms with Crippen molar-refractivity contribution < 1.29 is 9.18 Å². The summed E-state index contributed by atoms with van der Waals surface area (Å²) in [6.45, 7) is 3.69. The first-order valence-corrected chi connectivity index (χ1v) is 5.21. The first-order chi connectivity index (χ1) is 7.36. The zero-order valence-electron chi connectivity index (χ0n) is 9.18. The Kier molecular flexibility index (Phi) is 3.88. The lowest BCUT2D eigenvalue weighted by molar-refractivity contribution is -0.123. The quantitative estimate of drug-likeness (QED) is 0.858. The van der Waals surface area contributed by atoms with Crippen molar-refractivity contribution in [1.29, 1.82) is 0 Å². The van der Waals surface area contributed by atoms with E-state index in [1.54, 1.807) is 13.8 Å². The molecule has 0 bridgehead atoms. The molecular weight excluding hydrogens is 231 g/mol. The van der Waals surface area contributed by atoms with E-state index in [2.05, 4.69) is 5.32 Å². The van der Waals surface area contributed by atoms with Crippen LogP contribution < -0.4 is 11.1 Å². The molecule has 1 aromatic rings. The van der Waals surface area contributed by atoms with Crippen molar-refractivity contribution in [2.75, 3.05) is 11.9 Å². The van der Waals surface area contributed by atoms with Gasteiger partial charge in [-0.2, -0.15) is 0 Å². The van der Waals surface area contributed by atoms with Gasteiger partial charge in [0.2, 0.25) is 5.91 Å². The Bertz CT molecular complexity index is 407. The Morgan fingerprint density at radius 1 is 1.56 bits per heavy atom. The van der Waals surface area contributed by atoms with Crippen molar-refractivity contribution >= 4 is 23.2 Å². The molecule has 5 heteroatoms. The number of anilines is 1. The molecule has 0 aliphatic rings. The van der Waals surface area contributed by atoms with E-state index in [0.29, 0.717) is 5.69 Å². The Balaban J connectivity index is 2.82. The predicted molar refractivity (Wildman–Crippen MR) is 62.9 cm³/mol. The second-order valence-corrected chi connectivity index (χ2v) is 4.58. The van der Waals surface area contributed by atoms with E-state index in [1.807, 2.05) is 0 Å². The standard InChI is InChI=1S/C11H14ClFN2O/c1-11(2,6-14)10(16)15-7-3-4-9(13)8(12)5-7/h3-5H,6,14H2,1-2H3,(H,15,16). The van der Waals surface area contributed by atoms with Crippen molar-refractivity contribution in [2.24, 2.45) is 11.1 Å². The van der Waals surface area contributed by atoms with Gasteiger partial charge in [0.15, 0.2) is 0 Å². The second kappa shape index (κ2) is 4.80. The summed E-state index contributed by atoms with van der Waals surface area (Å²) in [4.78, 5) is 11.7. The monoisotopic (exact) mass is 244 g/mol. The molecule has 0 heterocycles. The van der Waals surface area contributed by atoms with Crippen LogP contribution in [0.5, 0.6) is 0 Å². The van der Waals surface area contributed by atoms with Gasteiger partial charge in [0.05, 0.1) is 10.4 Å². The molecular formula is C11H14ClFN2O. The third-order valence-corrected chi connectivity index (χ3v) is 2.59. The highest BCUT2D eigenvalue weighted by Crippen LogP contribution is 2.21. The minimum Gasteiger partial charge on any atom is -0.329 e. The van der Waals surface area contributed by atoms with Gasteiger partial charge < -0.3 is 11.1 Å².